The predicted octanol–water partition coefficient (Wildman–Crippen LogP) is 6.20. The Morgan fingerprint density at radius 3 is 1.92 bits per heavy atom. The van der Waals surface area contributed by atoms with Crippen molar-refractivity contribution in [3.63, 3.8) is 0 Å². The van der Waals surface area contributed by atoms with E-state index in [0.29, 0.717) is 19.3 Å². The molecule has 3 heteroatoms. The van der Waals surface area contributed by atoms with Gasteiger partial charge in [0.2, 0.25) is 0 Å². The standard InChI is InChI=1S/C22H34O3/c1-2-3-4-5-6-7-8-9-12-19-15-17-20(18-16-19)21(23)13-10-11-14-22(24)25/h15-18H,2-14H2,1H3,(H,24,25). The minimum Gasteiger partial charge on any atom is -0.481 e. The quantitative estimate of drug-likeness (QED) is 0.304. The van der Waals surface area contributed by atoms with Crippen molar-refractivity contribution in [2.75, 3.05) is 0 Å². The molecule has 1 N–H and O–H groups in total. The molecule has 0 aliphatic carbocycles. The number of Topliss-reactive ketones (excluding diaryl/α,β-unsaturated/α-hetero) is 1. The molecule has 1 aromatic carbocycles. The maximum Gasteiger partial charge on any atom is 0.303 e. The second-order valence-electron chi connectivity index (χ2n) is 6.95. The van der Waals surface area contributed by atoms with E-state index in [-0.39, 0.29) is 12.2 Å². The number of aliphatic carboxylic acids is 1. The smallest absolute Gasteiger partial charge is 0.303 e. The van der Waals surface area contributed by atoms with Gasteiger partial charge in [-0.25, -0.2) is 0 Å². The first-order chi connectivity index (χ1) is 12.1. The first kappa shape index (κ1) is 21.4. The normalized spacial score (nSPS) is 10.8. The Bertz CT molecular complexity index is 490. The van der Waals surface area contributed by atoms with Gasteiger partial charge in [-0.3, -0.25) is 9.59 Å². The molecule has 0 spiro atoms. The minimum absolute atomic E-state index is 0.115. The number of unbranched alkanes of at least 4 members (excludes halogenated alkanes) is 8. The van der Waals surface area contributed by atoms with E-state index in [4.69, 9.17) is 5.11 Å². The van der Waals surface area contributed by atoms with Gasteiger partial charge in [-0.2, -0.15) is 0 Å². The van der Waals surface area contributed by atoms with E-state index in [1.165, 1.54) is 56.9 Å². The van der Waals surface area contributed by atoms with E-state index in [1.54, 1.807) is 0 Å². The number of carboxylic acids is 1. The summed E-state index contributed by atoms with van der Waals surface area (Å²) in [6.45, 7) is 2.25. The van der Waals surface area contributed by atoms with Gasteiger partial charge < -0.3 is 5.11 Å². The summed E-state index contributed by atoms with van der Waals surface area (Å²) in [6.07, 6.45) is 13.5. The molecular formula is C22H34O3. The number of carbonyl (C=O) groups is 2. The number of carbonyl (C=O) groups excluding carboxylic acids is 1. The van der Waals surface area contributed by atoms with Crippen LogP contribution < -0.4 is 0 Å². The molecule has 0 saturated carbocycles. The topological polar surface area (TPSA) is 54.4 Å². The van der Waals surface area contributed by atoms with E-state index in [9.17, 15) is 9.59 Å². The fourth-order valence-corrected chi connectivity index (χ4v) is 3.03. The van der Waals surface area contributed by atoms with Crippen molar-refractivity contribution < 1.29 is 14.7 Å². The van der Waals surface area contributed by atoms with Gasteiger partial charge in [-0.1, -0.05) is 76.1 Å². The van der Waals surface area contributed by atoms with Gasteiger partial charge in [0, 0.05) is 18.4 Å². The number of ketones is 1. The average Bonchev–Trinajstić information content (AvgIpc) is 2.61. The van der Waals surface area contributed by atoms with Crippen molar-refractivity contribution in [3.05, 3.63) is 35.4 Å². The van der Waals surface area contributed by atoms with Crippen molar-refractivity contribution in [1.82, 2.24) is 0 Å². The molecule has 0 aromatic heterocycles. The third-order valence-electron chi connectivity index (χ3n) is 4.64. The molecule has 0 aliphatic heterocycles. The fourth-order valence-electron chi connectivity index (χ4n) is 3.03. The summed E-state index contributed by atoms with van der Waals surface area (Å²) in [5.41, 5.74) is 2.04. The van der Waals surface area contributed by atoms with E-state index >= 15 is 0 Å². The molecule has 0 heterocycles. The van der Waals surface area contributed by atoms with Gasteiger partial charge in [-0.05, 0) is 31.2 Å². The van der Waals surface area contributed by atoms with Crippen LogP contribution in [0.15, 0.2) is 24.3 Å². The predicted molar refractivity (Wildman–Crippen MR) is 103 cm³/mol. The van der Waals surface area contributed by atoms with E-state index in [2.05, 4.69) is 19.1 Å². The van der Waals surface area contributed by atoms with Gasteiger partial charge in [0.25, 0.3) is 0 Å². The van der Waals surface area contributed by atoms with Crippen LogP contribution in [0.2, 0.25) is 0 Å². The summed E-state index contributed by atoms with van der Waals surface area (Å²) in [6, 6.07) is 7.96. The van der Waals surface area contributed by atoms with Crippen molar-refractivity contribution >= 4 is 11.8 Å². The van der Waals surface area contributed by atoms with Crippen molar-refractivity contribution in [2.24, 2.45) is 0 Å². The third kappa shape index (κ3) is 10.8. The van der Waals surface area contributed by atoms with E-state index < -0.39 is 5.97 Å². The zero-order chi connectivity index (χ0) is 18.3. The second-order valence-corrected chi connectivity index (χ2v) is 6.95. The molecule has 0 unspecified atom stereocenters. The van der Waals surface area contributed by atoms with Crippen LogP contribution in [0.1, 0.15) is 99.9 Å². The lowest BCUT2D eigenvalue weighted by molar-refractivity contribution is -0.137. The van der Waals surface area contributed by atoms with Crippen molar-refractivity contribution in [3.8, 4) is 0 Å². The number of benzene rings is 1. The van der Waals surface area contributed by atoms with Crippen LogP contribution in [0, 0.1) is 0 Å². The molecule has 0 atom stereocenters. The Labute approximate surface area is 152 Å². The van der Waals surface area contributed by atoms with Gasteiger partial charge in [-0.15, -0.1) is 0 Å². The zero-order valence-corrected chi connectivity index (χ0v) is 15.8. The summed E-state index contributed by atoms with van der Waals surface area (Å²) >= 11 is 0. The first-order valence-electron chi connectivity index (χ1n) is 9.97. The van der Waals surface area contributed by atoms with E-state index in [0.717, 1.165) is 12.0 Å². The maximum absolute atomic E-state index is 12.1. The van der Waals surface area contributed by atoms with Gasteiger partial charge in [0.05, 0.1) is 0 Å². The molecule has 25 heavy (non-hydrogen) atoms. The number of aryl methyl sites for hydroxylation is 1. The van der Waals surface area contributed by atoms with Crippen LogP contribution in [0.4, 0.5) is 0 Å². The maximum atomic E-state index is 12.1. The van der Waals surface area contributed by atoms with Gasteiger partial charge >= 0.3 is 5.97 Å². The Kier molecular flexibility index (Phi) is 11.7. The molecule has 140 valence electrons. The van der Waals surface area contributed by atoms with Crippen molar-refractivity contribution in [2.45, 2.75) is 90.4 Å². The molecule has 0 saturated heterocycles. The Balaban J connectivity index is 2.16. The highest BCUT2D eigenvalue weighted by Crippen LogP contribution is 2.14. The molecule has 0 aliphatic rings. The minimum atomic E-state index is -0.794. The van der Waals surface area contributed by atoms with Crippen LogP contribution in [-0.4, -0.2) is 16.9 Å². The van der Waals surface area contributed by atoms with Crippen molar-refractivity contribution in [1.29, 1.82) is 0 Å². The number of rotatable bonds is 15. The highest BCUT2D eigenvalue weighted by atomic mass is 16.4. The van der Waals surface area contributed by atoms with Crippen LogP contribution in [-0.2, 0) is 11.2 Å². The summed E-state index contributed by atoms with van der Waals surface area (Å²) < 4.78 is 0. The lowest BCUT2D eigenvalue weighted by Gasteiger charge is -2.05. The third-order valence-corrected chi connectivity index (χ3v) is 4.64. The number of carboxylic acid groups (broad SMARTS) is 1. The van der Waals surface area contributed by atoms with Gasteiger partial charge in [0.1, 0.15) is 0 Å². The molecule has 0 amide bonds. The Hall–Kier alpha value is -1.64. The van der Waals surface area contributed by atoms with Gasteiger partial charge in [0.15, 0.2) is 5.78 Å². The molecule has 1 rings (SSSR count). The lowest BCUT2D eigenvalue weighted by atomic mass is 10.0. The molecule has 1 aromatic rings. The summed E-state index contributed by atoms with van der Waals surface area (Å²) in [5, 5.41) is 8.59. The Morgan fingerprint density at radius 2 is 1.32 bits per heavy atom. The monoisotopic (exact) mass is 346 g/mol. The summed E-state index contributed by atoms with van der Waals surface area (Å²) in [7, 11) is 0. The van der Waals surface area contributed by atoms with Crippen LogP contribution in [0.3, 0.4) is 0 Å². The molecule has 3 nitrogen and oxygen atoms in total. The molecule has 0 bridgehead atoms. The lowest BCUT2D eigenvalue weighted by Crippen LogP contribution is -2.01. The highest BCUT2D eigenvalue weighted by Gasteiger charge is 2.06. The summed E-state index contributed by atoms with van der Waals surface area (Å²) in [5.74, 6) is -0.679. The first-order valence-corrected chi connectivity index (χ1v) is 9.97. The second kappa shape index (κ2) is 13.6. The molecule has 0 fully saturated rings. The summed E-state index contributed by atoms with van der Waals surface area (Å²) in [4.78, 5) is 22.5. The van der Waals surface area contributed by atoms with E-state index in [1.807, 2.05) is 12.1 Å². The van der Waals surface area contributed by atoms with Crippen LogP contribution in [0.5, 0.6) is 0 Å². The zero-order valence-electron chi connectivity index (χ0n) is 15.8. The van der Waals surface area contributed by atoms with Crippen LogP contribution >= 0.6 is 0 Å². The SMILES string of the molecule is CCCCCCCCCCc1ccc(C(=O)CCCCC(=O)O)cc1. The van der Waals surface area contributed by atoms with Crippen LogP contribution in [0.25, 0.3) is 0 Å². The highest BCUT2D eigenvalue weighted by molar-refractivity contribution is 5.96. The fraction of sp³-hybridized carbons (Fsp3) is 0.636. The largest absolute Gasteiger partial charge is 0.481 e. The number of hydrogen-bond donors (Lipinski definition) is 1. The molecular weight excluding hydrogens is 312 g/mol. The average molecular weight is 347 g/mol. The Morgan fingerprint density at radius 1 is 0.760 bits per heavy atom. The number of hydrogen-bond acceptors (Lipinski definition) is 2. The molecule has 0 radical (unpaired) electrons.